The van der Waals surface area contributed by atoms with Gasteiger partial charge in [-0.15, -0.1) is 0 Å². The summed E-state index contributed by atoms with van der Waals surface area (Å²) < 4.78 is 0. The molecule has 2 N–H and O–H groups in total. The smallest absolute Gasteiger partial charge is 0.322 e. The van der Waals surface area contributed by atoms with Gasteiger partial charge in [0.1, 0.15) is 6.04 Å². The van der Waals surface area contributed by atoms with E-state index in [0.29, 0.717) is 12.3 Å². The molecule has 158 valence electrons. The molecule has 2 aliphatic rings. The van der Waals surface area contributed by atoms with Gasteiger partial charge in [0.25, 0.3) is 5.91 Å². The molecule has 2 aliphatic heterocycles. The highest BCUT2D eigenvalue weighted by Crippen LogP contribution is 2.19. The maximum absolute atomic E-state index is 12.4. The maximum atomic E-state index is 12.4. The van der Waals surface area contributed by atoms with Crippen LogP contribution in [0.4, 0.5) is 4.79 Å². The molecular formula is C21H29ClN4O3. The van der Waals surface area contributed by atoms with Crippen molar-refractivity contribution in [1.82, 2.24) is 20.4 Å². The second-order valence-electron chi connectivity index (χ2n) is 7.99. The van der Waals surface area contributed by atoms with Crippen LogP contribution in [-0.2, 0) is 16.0 Å². The Kier molecular flexibility index (Phi) is 7.50. The summed E-state index contributed by atoms with van der Waals surface area (Å²) in [5, 5.41) is 5.48. The highest BCUT2D eigenvalue weighted by molar-refractivity contribution is 6.30. The van der Waals surface area contributed by atoms with Crippen LogP contribution < -0.4 is 10.6 Å². The minimum Gasteiger partial charge on any atom is -0.345 e. The molecule has 0 radical (unpaired) electrons. The van der Waals surface area contributed by atoms with Gasteiger partial charge in [-0.2, -0.15) is 0 Å². The van der Waals surface area contributed by atoms with E-state index in [9.17, 15) is 14.4 Å². The number of hydrogen-bond acceptors (Lipinski definition) is 4. The second-order valence-corrected chi connectivity index (χ2v) is 8.43. The van der Waals surface area contributed by atoms with E-state index in [1.807, 2.05) is 19.2 Å². The van der Waals surface area contributed by atoms with Gasteiger partial charge < -0.3 is 15.1 Å². The van der Waals surface area contributed by atoms with E-state index in [0.717, 1.165) is 50.5 Å². The Hall–Kier alpha value is -2.12. The zero-order valence-electron chi connectivity index (χ0n) is 16.8. The number of rotatable bonds is 8. The van der Waals surface area contributed by atoms with Crippen LogP contribution in [0.2, 0.25) is 5.02 Å². The summed E-state index contributed by atoms with van der Waals surface area (Å²) in [6.07, 6.45) is 3.78. The van der Waals surface area contributed by atoms with Gasteiger partial charge in [0.2, 0.25) is 5.91 Å². The number of carbonyl (C=O) groups is 3. The summed E-state index contributed by atoms with van der Waals surface area (Å²) in [5.74, 6) is 0.172. The number of imide groups is 1. The summed E-state index contributed by atoms with van der Waals surface area (Å²) in [4.78, 5) is 39.3. The van der Waals surface area contributed by atoms with Crippen molar-refractivity contribution in [2.75, 3.05) is 33.2 Å². The van der Waals surface area contributed by atoms with Gasteiger partial charge in [0, 0.05) is 31.6 Å². The van der Waals surface area contributed by atoms with Crippen LogP contribution in [0.5, 0.6) is 0 Å². The van der Waals surface area contributed by atoms with Crippen LogP contribution in [0.1, 0.15) is 31.2 Å². The molecule has 1 aromatic carbocycles. The summed E-state index contributed by atoms with van der Waals surface area (Å²) in [6, 6.07) is 6.95. The lowest BCUT2D eigenvalue weighted by molar-refractivity contribution is -0.131. The second kappa shape index (κ2) is 10.1. The molecule has 2 fully saturated rings. The van der Waals surface area contributed by atoms with Crippen LogP contribution in [0.15, 0.2) is 24.3 Å². The molecule has 0 aliphatic carbocycles. The lowest BCUT2D eigenvalue weighted by Crippen LogP contribution is -2.40. The summed E-state index contributed by atoms with van der Waals surface area (Å²) in [7, 11) is 1.82. The van der Waals surface area contributed by atoms with Crippen LogP contribution in [0, 0.1) is 5.92 Å². The molecule has 2 saturated heterocycles. The predicted octanol–water partition coefficient (Wildman–Crippen LogP) is 2.04. The van der Waals surface area contributed by atoms with Crippen molar-refractivity contribution in [2.24, 2.45) is 5.92 Å². The minimum atomic E-state index is -0.594. The molecule has 2 heterocycles. The molecule has 0 spiro atoms. The average molecular weight is 421 g/mol. The Morgan fingerprint density at radius 3 is 2.52 bits per heavy atom. The van der Waals surface area contributed by atoms with E-state index < -0.39 is 12.1 Å². The van der Waals surface area contributed by atoms with Crippen molar-refractivity contribution in [3.05, 3.63) is 34.9 Å². The third-order valence-electron chi connectivity index (χ3n) is 5.80. The monoisotopic (exact) mass is 420 g/mol. The Balaban J connectivity index is 1.33. The number of likely N-dealkylation sites (tertiary alicyclic amines) is 1. The first-order valence-corrected chi connectivity index (χ1v) is 10.6. The molecule has 3 rings (SSSR count). The zero-order chi connectivity index (χ0) is 20.8. The molecule has 0 aromatic heterocycles. The maximum Gasteiger partial charge on any atom is 0.322 e. The quantitative estimate of drug-likeness (QED) is 0.630. The first kappa shape index (κ1) is 21.6. The predicted molar refractivity (Wildman–Crippen MR) is 112 cm³/mol. The molecular weight excluding hydrogens is 392 g/mol. The van der Waals surface area contributed by atoms with Gasteiger partial charge >= 0.3 is 6.03 Å². The largest absolute Gasteiger partial charge is 0.345 e. The lowest BCUT2D eigenvalue weighted by atomic mass is 9.95. The Bertz CT molecular complexity index is 732. The number of nitrogens with zero attached hydrogens (tertiary/aromatic N) is 2. The van der Waals surface area contributed by atoms with Gasteiger partial charge in [-0.05, 0) is 62.4 Å². The molecule has 29 heavy (non-hydrogen) atoms. The fourth-order valence-electron chi connectivity index (χ4n) is 3.94. The van der Waals surface area contributed by atoms with E-state index >= 15 is 0 Å². The number of nitrogens with one attached hydrogen (secondary N) is 2. The normalized spacial score (nSPS) is 20.4. The van der Waals surface area contributed by atoms with Gasteiger partial charge in [-0.3, -0.25) is 14.9 Å². The number of hydrogen-bond donors (Lipinski definition) is 2. The fourth-order valence-corrected chi connectivity index (χ4v) is 4.07. The molecule has 1 atom stereocenters. The Morgan fingerprint density at radius 1 is 1.21 bits per heavy atom. The van der Waals surface area contributed by atoms with E-state index in [1.165, 1.54) is 5.56 Å². The highest BCUT2D eigenvalue weighted by Gasteiger charge is 2.30. The Labute approximate surface area is 176 Å². The standard InChI is InChI=1S/C21H29ClN4O3/c1-25(19(27)7-6-18-20(28)24-21(29)23-18)14-16-9-12-26(13-10-16)11-8-15-2-4-17(22)5-3-15/h2-5,16,18H,6-14H2,1H3,(H2,23,24,28,29). The van der Waals surface area contributed by atoms with Crippen molar-refractivity contribution in [2.45, 2.75) is 38.1 Å². The molecule has 0 saturated carbocycles. The first-order valence-electron chi connectivity index (χ1n) is 10.2. The van der Waals surface area contributed by atoms with Crippen molar-refractivity contribution < 1.29 is 14.4 Å². The van der Waals surface area contributed by atoms with Gasteiger partial charge in [0.15, 0.2) is 0 Å². The van der Waals surface area contributed by atoms with Gasteiger partial charge in [-0.1, -0.05) is 23.7 Å². The topological polar surface area (TPSA) is 81.8 Å². The van der Waals surface area contributed by atoms with Gasteiger partial charge in [0.05, 0.1) is 0 Å². The van der Waals surface area contributed by atoms with Gasteiger partial charge in [-0.25, -0.2) is 4.79 Å². The van der Waals surface area contributed by atoms with Crippen LogP contribution >= 0.6 is 11.6 Å². The van der Waals surface area contributed by atoms with Crippen LogP contribution in [-0.4, -0.2) is 66.9 Å². The third kappa shape index (κ3) is 6.44. The van der Waals surface area contributed by atoms with Crippen molar-refractivity contribution in [3.8, 4) is 0 Å². The van der Waals surface area contributed by atoms with E-state index in [1.54, 1.807) is 4.90 Å². The average Bonchev–Trinajstić information content (AvgIpc) is 3.03. The SMILES string of the molecule is CN(CC1CCN(CCc2ccc(Cl)cc2)CC1)C(=O)CCC1NC(=O)NC1=O. The van der Waals surface area contributed by atoms with Crippen LogP contribution in [0.25, 0.3) is 0 Å². The fraction of sp³-hybridized carbons (Fsp3) is 0.571. The number of carbonyl (C=O) groups excluding carboxylic acids is 3. The van der Waals surface area contributed by atoms with Crippen LogP contribution in [0.3, 0.4) is 0 Å². The number of amides is 4. The number of piperidine rings is 1. The molecule has 1 aromatic rings. The molecule has 1 unspecified atom stereocenters. The van der Waals surface area contributed by atoms with Crippen molar-refractivity contribution >= 4 is 29.4 Å². The number of benzene rings is 1. The zero-order valence-corrected chi connectivity index (χ0v) is 17.6. The number of halogens is 1. The Morgan fingerprint density at radius 2 is 1.90 bits per heavy atom. The minimum absolute atomic E-state index is 0.0177. The number of urea groups is 1. The molecule has 4 amide bonds. The first-order chi connectivity index (χ1) is 13.9. The van der Waals surface area contributed by atoms with E-state index in [-0.39, 0.29) is 18.2 Å². The summed E-state index contributed by atoms with van der Waals surface area (Å²) in [5.41, 5.74) is 1.30. The van der Waals surface area contributed by atoms with E-state index in [4.69, 9.17) is 11.6 Å². The summed E-state index contributed by atoms with van der Waals surface area (Å²) in [6.45, 7) is 3.88. The van der Waals surface area contributed by atoms with Crippen molar-refractivity contribution in [3.63, 3.8) is 0 Å². The molecule has 0 bridgehead atoms. The molecule has 8 heteroatoms. The third-order valence-corrected chi connectivity index (χ3v) is 6.05. The molecule has 7 nitrogen and oxygen atoms in total. The summed E-state index contributed by atoms with van der Waals surface area (Å²) >= 11 is 5.93. The van der Waals surface area contributed by atoms with Crippen molar-refractivity contribution in [1.29, 1.82) is 0 Å². The lowest BCUT2D eigenvalue weighted by Gasteiger charge is -2.34. The van der Waals surface area contributed by atoms with E-state index in [2.05, 4.69) is 27.7 Å². The highest BCUT2D eigenvalue weighted by atomic mass is 35.5.